The van der Waals surface area contributed by atoms with E-state index in [9.17, 15) is 19.2 Å². The molecule has 0 aliphatic carbocycles. The van der Waals surface area contributed by atoms with Gasteiger partial charge >= 0.3 is 0 Å². The number of piperidine rings is 1. The number of carbonyl (C=O) groups excluding carboxylic acids is 3. The highest BCUT2D eigenvalue weighted by Crippen LogP contribution is 2.23. The van der Waals surface area contributed by atoms with E-state index in [1.165, 1.54) is 12.1 Å². The van der Waals surface area contributed by atoms with Crippen LogP contribution in [0.4, 0.5) is 0 Å². The molecule has 27 heavy (non-hydrogen) atoms. The third-order valence-electron chi connectivity index (χ3n) is 5.18. The van der Waals surface area contributed by atoms with E-state index in [1.54, 1.807) is 9.80 Å². The van der Waals surface area contributed by atoms with Gasteiger partial charge < -0.3 is 15.1 Å². The maximum Gasteiger partial charge on any atom is 0.271 e. The molecular formula is C18H25N5O4. The number of amides is 3. The van der Waals surface area contributed by atoms with Gasteiger partial charge in [0.1, 0.15) is 5.69 Å². The van der Waals surface area contributed by atoms with Crippen molar-refractivity contribution in [1.29, 1.82) is 0 Å². The summed E-state index contributed by atoms with van der Waals surface area (Å²) in [5.41, 5.74) is -0.203. The Hall–Kier alpha value is -2.71. The average molecular weight is 375 g/mol. The van der Waals surface area contributed by atoms with E-state index in [0.29, 0.717) is 32.5 Å². The number of H-pyrrole nitrogens is 1. The van der Waals surface area contributed by atoms with Gasteiger partial charge in [0.25, 0.3) is 11.5 Å². The highest BCUT2D eigenvalue weighted by atomic mass is 16.2. The third kappa shape index (κ3) is 4.35. The number of nitrogens with one attached hydrogen (secondary N) is 2. The number of rotatable bonds is 4. The zero-order chi connectivity index (χ0) is 19.6. The summed E-state index contributed by atoms with van der Waals surface area (Å²) in [4.78, 5) is 51.5. The molecule has 0 radical (unpaired) electrons. The van der Waals surface area contributed by atoms with Crippen molar-refractivity contribution in [2.45, 2.75) is 45.2 Å². The van der Waals surface area contributed by atoms with Crippen LogP contribution < -0.4 is 10.9 Å². The summed E-state index contributed by atoms with van der Waals surface area (Å²) in [6.07, 6.45) is 1.58. The van der Waals surface area contributed by atoms with E-state index in [1.807, 2.05) is 13.8 Å². The van der Waals surface area contributed by atoms with Gasteiger partial charge in [0.2, 0.25) is 11.8 Å². The number of likely N-dealkylation sites (tertiary alicyclic amines) is 2. The van der Waals surface area contributed by atoms with Gasteiger partial charge in [0, 0.05) is 44.2 Å². The molecule has 2 aliphatic rings. The monoisotopic (exact) mass is 375 g/mol. The first kappa shape index (κ1) is 19.1. The Balaban J connectivity index is 1.49. The molecular weight excluding hydrogens is 350 g/mol. The third-order valence-corrected chi connectivity index (χ3v) is 5.18. The standard InChI is InChI=1S/C18H25N5O4/c1-11(2)23-10-12(9-16(23)25)18(27)22-7-5-13(6-8-22)19-17(26)14-3-4-15(24)21-20-14/h3-4,11-13H,5-10H2,1-2H3,(H,19,26)(H,21,24). The molecule has 146 valence electrons. The number of hydrogen-bond acceptors (Lipinski definition) is 5. The molecule has 9 nitrogen and oxygen atoms in total. The first-order valence-electron chi connectivity index (χ1n) is 9.30. The Bertz CT molecular complexity index is 762. The molecule has 3 amide bonds. The lowest BCUT2D eigenvalue weighted by Gasteiger charge is -2.33. The predicted molar refractivity (Wildman–Crippen MR) is 96.9 cm³/mol. The maximum atomic E-state index is 12.7. The first-order chi connectivity index (χ1) is 12.8. The Morgan fingerprint density at radius 2 is 1.93 bits per heavy atom. The summed E-state index contributed by atoms with van der Waals surface area (Å²) in [5, 5.41) is 8.84. The van der Waals surface area contributed by atoms with Crippen molar-refractivity contribution in [2.75, 3.05) is 19.6 Å². The van der Waals surface area contributed by atoms with Crippen LogP contribution in [0.15, 0.2) is 16.9 Å². The largest absolute Gasteiger partial charge is 0.348 e. The Labute approximate surface area is 157 Å². The van der Waals surface area contributed by atoms with E-state index in [0.717, 1.165) is 0 Å². The van der Waals surface area contributed by atoms with Crippen LogP contribution >= 0.6 is 0 Å². The topological polar surface area (TPSA) is 115 Å². The lowest BCUT2D eigenvalue weighted by Crippen LogP contribution is -2.48. The number of aromatic amines is 1. The van der Waals surface area contributed by atoms with E-state index >= 15 is 0 Å². The van der Waals surface area contributed by atoms with E-state index < -0.39 is 0 Å². The van der Waals surface area contributed by atoms with Gasteiger partial charge in [-0.3, -0.25) is 19.2 Å². The summed E-state index contributed by atoms with van der Waals surface area (Å²) in [6.45, 7) is 5.50. The lowest BCUT2D eigenvalue weighted by molar-refractivity contribution is -0.136. The normalized spacial score (nSPS) is 21.0. The molecule has 1 unspecified atom stereocenters. The van der Waals surface area contributed by atoms with E-state index in [4.69, 9.17) is 0 Å². The zero-order valence-corrected chi connectivity index (χ0v) is 15.6. The molecule has 2 N–H and O–H groups in total. The molecule has 0 bridgehead atoms. The molecule has 2 saturated heterocycles. The number of aromatic nitrogens is 2. The number of carbonyl (C=O) groups is 3. The predicted octanol–water partition coefficient (Wildman–Crippen LogP) is -0.252. The van der Waals surface area contributed by atoms with Crippen LogP contribution in [0.3, 0.4) is 0 Å². The molecule has 1 aromatic heterocycles. The Morgan fingerprint density at radius 3 is 2.48 bits per heavy atom. The molecule has 0 saturated carbocycles. The van der Waals surface area contributed by atoms with Gasteiger partial charge in [0.05, 0.1) is 5.92 Å². The lowest BCUT2D eigenvalue weighted by atomic mass is 10.0. The minimum absolute atomic E-state index is 0.0265. The molecule has 2 aliphatic heterocycles. The highest BCUT2D eigenvalue weighted by molar-refractivity contribution is 5.92. The Morgan fingerprint density at radius 1 is 1.22 bits per heavy atom. The first-order valence-corrected chi connectivity index (χ1v) is 9.30. The van der Waals surface area contributed by atoms with Gasteiger partial charge in [-0.15, -0.1) is 0 Å². The van der Waals surface area contributed by atoms with Gasteiger partial charge in [0.15, 0.2) is 0 Å². The summed E-state index contributed by atoms with van der Waals surface area (Å²) in [7, 11) is 0. The second kappa shape index (κ2) is 7.89. The van der Waals surface area contributed by atoms with Crippen LogP contribution in [0.2, 0.25) is 0 Å². The van der Waals surface area contributed by atoms with Crippen LogP contribution in [-0.2, 0) is 9.59 Å². The van der Waals surface area contributed by atoms with Gasteiger partial charge in [-0.1, -0.05) is 0 Å². The van der Waals surface area contributed by atoms with Crippen LogP contribution in [0, 0.1) is 5.92 Å². The fourth-order valence-corrected chi connectivity index (χ4v) is 3.63. The van der Waals surface area contributed by atoms with Crippen molar-refractivity contribution in [2.24, 2.45) is 5.92 Å². The van der Waals surface area contributed by atoms with Crippen LogP contribution in [0.25, 0.3) is 0 Å². The fourth-order valence-electron chi connectivity index (χ4n) is 3.63. The van der Waals surface area contributed by atoms with Crippen LogP contribution in [0.5, 0.6) is 0 Å². The van der Waals surface area contributed by atoms with Crippen molar-refractivity contribution >= 4 is 17.7 Å². The number of hydrogen-bond donors (Lipinski definition) is 2. The Kier molecular flexibility index (Phi) is 5.57. The second-order valence-electron chi connectivity index (χ2n) is 7.42. The molecule has 1 atom stereocenters. The van der Waals surface area contributed by atoms with Gasteiger partial charge in [-0.05, 0) is 32.8 Å². The van der Waals surface area contributed by atoms with Crippen molar-refractivity contribution in [3.05, 3.63) is 28.2 Å². The maximum absolute atomic E-state index is 12.7. The highest BCUT2D eigenvalue weighted by Gasteiger charge is 2.38. The van der Waals surface area contributed by atoms with Crippen molar-refractivity contribution in [3.63, 3.8) is 0 Å². The number of nitrogens with zero attached hydrogens (tertiary/aromatic N) is 3. The summed E-state index contributed by atoms with van der Waals surface area (Å²) < 4.78 is 0. The van der Waals surface area contributed by atoms with Crippen molar-refractivity contribution in [1.82, 2.24) is 25.3 Å². The smallest absolute Gasteiger partial charge is 0.271 e. The molecule has 3 rings (SSSR count). The molecule has 0 aromatic carbocycles. The molecule has 3 heterocycles. The minimum Gasteiger partial charge on any atom is -0.348 e. The van der Waals surface area contributed by atoms with Crippen molar-refractivity contribution in [3.8, 4) is 0 Å². The molecule has 2 fully saturated rings. The molecule has 1 aromatic rings. The quantitative estimate of drug-likeness (QED) is 0.753. The van der Waals surface area contributed by atoms with Crippen LogP contribution in [0.1, 0.15) is 43.6 Å². The summed E-state index contributed by atoms with van der Waals surface area (Å²) >= 11 is 0. The fraction of sp³-hybridized carbons (Fsp3) is 0.611. The van der Waals surface area contributed by atoms with E-state index in [-0.39, 0.29) is 53.4 Å². The molecule has 9 heteroatoms. The average Bonchev–Trinajstić information content (AvgIpc) is 3.04. The van der Waals surface area contributed by atoms with Gasteiger partial charge in [-0.2, -0.15) is 5.10 Å². The zero-order valence-electron chi connectivity index (χ0n) is 15.6. The second-order valence-corrected chi connectivity index (χ2v) is 7.42. The SMILES string of the molecule is CC(C)N1CC(C(=O)N2CCC(NC(=O)c3ccc(=O)[nH]n3)CC2)CC1=O. The minimum atomic E-state index is -0.361. The van der Waals surface area contributed by atoms with Crippen LogP contribution in [-0.4, -0.2) is 69.4 Å². The summed E-state index contributed by atoms with van der Waals surface area (Å²) in [6, 6.07) is 2.70. The van der Waals surface area contributed by atoms with Gasteiger partial charge in [-0.25, -0.2) is 5.10 Å². The summed E-state index contributed by atoms with van der Waals surface area (Å²) in [5.74, 6) is -0.543. The van der Waals surface area contributed by atoms with E-state index in [2.05, 4.69) is 15.5 Å². The molecule has 0 spiro atoms. The van der Waals surface area contributed by atoms with Crippen molar-refractivity contribution < 1.29 is 14.4 Å².